The van der Waals surface area contributed by atoms with E-state index >= 15 is 0 Å². The highest BCUT2D eigenvalue weighted by Crippen LogP contribution is 2.30. The standard InChI is InChI=1S/C12H17ClN2/c1-9-4-5-15(8-9)12-3-2-10(7-14)6-11(12)13/h2-3,6,9H,4-5,7-8,14H2,1H3. The first kappa shape index (κ1) is 10.8. The topological polar surface area (TPSA) is 29.3 Å². The van der Waals surface area contributed by atoms with Gasteiger partial charge in [-0.1, -0.05) is 24.6 Å². The minimum absolute atomic E-state index is 0.552. The van der Waals surface area contributed by atoms with Gasteiger partial charge in [0.25, 0.3) is 0 Å². The first-order chi connectivity index (χ1) is 7.20. The maximum atomic E-state index is 6.24. The average Bonchev–Trinajstić information content (AvgIpc) is 2.64. The molecule has 0 aliphatic carbocycles. The lowest BCUT2D eigenvalue weighted by Crippen LogP contribution is -2.19. The SMILES string of the molecule is CC1CCN(c2ccc(CN)cc2Cl)C1. The smallest absolute Gasteiger partial charge is 0.0642 e. The Labute approximate surface area is 96.0 Å². The lowest BCUT2D eigenvalue weighted by molar-refractivity contribution is 0.659. The molecule has 1 aromatic carbocycles. The van der Waals surface area contributed by atoms with Crippen LogP contribution in [0.2, 0.25) is 5.02 Å². The molecule has 2 nitrogen and oxygen atoms in total. The summed E-state index contributed by atoms with van der Waals surface area (Å²) in [6, 6.07) is 6.12. The Morgan fingerprint density at radius 1 is 1.53 bits per heavy atom. The quantitative estimate of drug-likeness (QED) is 0.837. The first-order valence-corrected chi connectivity index (χ1v) is 5.82. The summed E-state index contributed by atoms with van der Waals surface area (Å²) in [6.07, 6.45) is 1.26. The summed E-state index contributed by atoms with van der Waals surface area (Å²) >= 11 is 6.24. The van der Waals surface area contributed by atoms with E-state index in [1.807, 2.05) is 6.07 Å². The summed E-state index contributed by atoms with van der Waals surface area (Å²) in [4.78, 5) is 2.35. The number of anilines is 1. The van der Waals surface area contributed by atoms with E-state index in [-0.39, 0.29) is 0 Å². The van der Waals surface area contributed by atoms with Crippen LogP contribution in [0.3, 0.4) is 0 Å². The molecule has 1 saturated heterocycles. The van der Waals surface area contributed by atoms with Crippen molar-refractivity contribution in [3.05, 3.63) is 28.8 Å². The molecule has 0 spiro atoms. The molecule has 1 unspecified atom stereocenters. The molecule has 2 rings (SSSR count). The summed E-state index contributed by atoms with van der Waals surface area (Å²) in [5, 5.41) is 0.826. The number of halogens is 1. The Morgan fingerprint density at radius 3 is 2.87 bits per heavy atom. The molecule has 0 amide bonds. The van der Waals surface area contributed by atoms with Crippen molar-refractivity contribution >= 4 is 17.3 Å². The number of hydrogen-bond donors (Lipinski definition) is 1. The molecule has 0 radical (unpaired) electrons. The lowest BCUT2D eigenvalue weighted by atomic mass is 10.2. The lowest BCUT2D eigenvalue weighted by Gasteiger charge is -2.20. The maximum Gasteiger partial charge on any atom is 0.0642 e. The number of nitrogens with zero attached hydrogens (tertiary/aromatic N) is 1. The fourth-order valence-corrected chi connectivity index (χ4v) is 2.41. The van der Waals surface area contributed by atoms with Crippen LogP contribution in [0, 0.1) is 5.92 Å². The molecule has 0 aromatic heterocycles. The second-order valence-corrected chi connectivity index (χ2v) is 4.74. The van der Waals surface area contributed by atoms with Crippen molar-refractivity contribution in [1.82, 2.24) is 0 Å². The van der Waals surface area contributed by atoms with Crippen molar-refractivity contribution < 1.29 is 0 Å². The van der Waals surface area contributed by atoms with E-state index < -0.39 is 0 Å². The molecule has 1 atom stereocenters. The van der Waals surface area contributed by atoms with Gasteiger partial charge in [0.05, 0.1) is 10.7 Å². The number of hydrogen-bond acceptors (Lipinski definition) is 2. The average molecular weight is 225 g/mol. The summed E-state index contributed by atoms with van der Waals surface area (Å²) in [5.41, 5.74) is 7.82. The van der Waals surface area contributed by atoms with E-state index in [0.717, 1.165) is 35.3 Å². The van der Waals surface area contributed by atoms with Gasteiger partial charge in [-0.15, -0.1) is 0 Å². The number of nitrogens with two attached hydrogens (primary N) is 1. The minimum atomic E-state index is 0.552. The van der Waals surface area contributed by atoms with Crippen LogP contribution in [0.15, 0.2) is 18.2 Å². The van der Waals surface area contributed by atoms with Gasteiger partial charge in [-0.2, -0.15) is 0 Å². The Hall–Kier alpha value is -0.730. The third-order valence-corrected chi connectivity index (χ3v) is 3.32. The molecule has 15 heavy (non-hydrogen) atoms. The van der Waals surface area contributed by atoms with Crippen molar-refractivity contribution in [2.24, 2.45) is 11.7 Å². The van der Waals surface area contributed by atoms with Crippen molar-refractivity contribution in [3.63, 3.8) is 0 Å². The van der Waals surface area contributed by atoms with Crippen LogP contribution in [-0.4, -0.2) is 13.1 Å². The van der Waals surface area contributed by atoms with Crippen molar-refractivity contribution in [2.75, 3.05) is 18.0 Å². The summed E-state index contributed by atoms with van der Waals surface area (Å²) in [7, 11) is 0. The third kappa shape index (κ3) is 2.27. The Kier molecular flexibility index (Phi) is 3.17. The Bertz CT molecular complexity index is 351. The molecule has 1 aromatic rings. The molecule has 1 aliphatic rings. The molecule has 1 fully saturated rings. The highest BCUT2D eigenvalue weighted by molar-refractivity contribution is 6.33. The highest BCUT2D eigenvalue weighted by Gasteiger charge is 2.20. The molecule has 82 valence electrons. The zero-order valence-electron chi connectivity index (χ0n) is 9.04. The Morgan fingerprint density at radius 2 is 2.33 bits per heavy atom. The predicted molar refractivity (Wildman–Crippen MR) is 65.3 cm³/mol. The monoisotopic (exact) mass is 224 g/mol. The van der Waals surface area contributed by atoms with Crippen LogP contribution < -0.4 is 10.6 Å². The van der Waals surface area contributed by atoms with Crippen molar-refractivity contribution in [1.29, 1.82) is 0 Å². The van der Waals surface area contributed by atoms with Gasteiger partial charge in [-0.25, -0.2) is 0 Å². The van der Waals surface area contributed by atoms with E-state index in [1.165, 1.54) is 6.42 Å². The minimum Gasteiger partial charge on any atom is -0.370 e. The second-order valence-electron chi connectivity index (χ2n) is 4.33. The van der Waals surface area contributed by atoms with Crippen LogP contribution in [0.4, 0.5) is 5.69 Å². The van der Waals surface area contributed by atoms with Gasteiger partial charge in [-0.3, -0.25) is 0 Å². The summed E-state index contributed by atoms with van der Waals surface area (Å²) in [5.74, 6) is 0.773. The third-order valence-electron chi connectivity index (χ3n) is 3.01. The van der Waals surface area contributed by atoms with Crippen LogP contribution in [-0.2, 0) is 6.54 Å². The fraction of sp³-hybridized carbons (Fsp3) is 0.500. The van der Waals surface area contributed by atoms with Gasteiger partial charge in [-0.05, 0) is 30.0 Å². The molecule has 1 heterocycles. The molecule has 3 heteroatoms. The molecular formula is C12H17ClN2. The normalized spacial score (nSPS) is 21.0. The van der Waals surface area contributed by atoms with Crippen LogP contribution in [0.25, 0.3) is 0 Å². The maximum absolute atomic E-state index is 6.24. The zero-order valence-corrected chi connectivity index (χ0v) is 9.80. The van der Waals surface area contributed by atoms with E-state index in [0.29, 0.717) is 6.54 Å². The zero-order chi connectivity index (χ0) is 10.8. The van der Waals surface area contributed by atoms with Gasteiger partial charge in [0.1, 0.15) is 0 Å². The van der Waals surface area contributed by atoms with Crippen molar-refractivity contribution in [2.45, 2.75) is 19.9 Å². The van der Waals surface area contributed by atoms with Gasteiger partial charge >= 0.3 is 0 Å². The number of benzene rings is 1. The van der Waals surface area contributed by atoms with Crippen molar-refractivity contribution in [3.8, 4) is 0 Å². The van der Waals surface area contributed by atoms with Gasteiger partial charge in [0.2, 0.25) is 0 Å². The molecule has 0 bridgehead atoms. The van der Waals surface area contributed by atoms with E-state index in [4.69, 9.17) is 17.3 Å². The fourth-order valence-electron chi connectivity index (χ4n) is 2.09. The summed E-state index contributed by atoms with van der Waals surface area (Å²) < 4.78 is 0. The van der Waals surface area contributed by atoms with Crippen LogP contribution in [0.1, 0.15) is 18.9 Å². The highest BCUT2D eigenvalue weighted by atomic mass is 35.5. The largest absolute Gasteiger partial charge is 0.370 e. The van der Waals surface area contributed by atoms with Gasteiger partial charge in [0, 0.05) is 19.6 Å². The van der Waals surface area contributed by atoms with Crippen LogP contribution >= 0.6 is 11.6 Å². The first-order valence-electron chi connectivity index (χ1n) is 5.44. The van der Waals surface area contributed by atoms with E-state index in [9.17, 15) is 0 Å². The van der Waals surface area contributed by atoms with E-state index in [2.05, 4.69) is 24.0 Å². The van der Waals surface area contributed by atoms with Crippen LogP contribution in [0.5, 0.6) is 0 Å². The molecular weight excluding hydrogens is 208 g/mol. The van der Waals surface area contributed by atoms with Gasteiger partial charge < -0.3 is 10.6 Å². The molecule has 2 N–H and O–H groups in total. The summed E-state index contributed by atoms with van der Waals surface area (Å²) in [6.45, 7) is 5.06. The number of rotatable bonds is 2. The Balaban J connectivity index is 2.21. The van der Waals surface area contributed by atoms with Gasteiger partial charge in [0.15, 0.2) is 0 Å². The van der Waals surface area contributed by atoms with E-state index in [1.54, 1.807) is 0 Å². The second kappa shape index (κ2) is 4.42. The predicted octanol–water partition coefficient (Wildman–Crippen LogP) is 2.64. The molecule has 1 aliphatic heterocycles. The molecule has 0 saturated carbocycles.